The third-order valence-electron chi connectivity index (χ3n) is 4.50. The molecule has 0 amide bonds. The van der Waals surface area contributed by atoms with E-state index in [9.17, 15) is 9.90 Å². The van der Waals surface area contributed by atoms with Gasteiger partial charge in [0.25, 0.3) is 0 Å². The Labute approximate surface area is 124 Å². The van der Waals surface area contributed by atoms with Crippen LogP contribution in [0.15, 0.2) is 53.7 Å². The quantitative estimate of drug-likeness (QED) is 0.927. The Kier molecular flexibility index (Phi) is 3.78. The molecule has 1 aromatic heterocycles. The fourth-order valence-electron chi connectivity index (χ4n) is 3.39. The van der Waals surface area contributed by atoms with E-state index in [-0.39, 0.29) is 5.92 Å². The normalized spacial score (nSPS) is 27.0. The van der Waals surface area contributed by atoms with Crippen molar-refractivity contribution in [1.82, 2.24) is 9.55 Å². The largest absolute Gasteiger partial charge is 0.481 e. The van der Waals surface area contributed by atoms with E-state index in [0.29, 0.717) is 12.3 Å². The fraction of sp³-hybridized carbons (Fsp3) is 0.412. The number of rotatable bonds is 3. The van der Waals surface area contributed by atoms with Gasteiger partial charge in [-0.05, 0) is 42.9 Å². The predicted molar refractivity (Wildman–Crippen MR) is 80.6 cm³/mol. The second kappa shape index (κ2) is 5.72. The number of hydrogen-bond acceptors (Lipinski definition) is 2. The SMILES string of the molecule is CC=C1C2=C(C=CC1Cn1ccnc1)CCC(C(=O)O)C2. The summed E-state index contributed by atoms with van der Waals surface area (Å²) in [4.78, 5) is 15.4. The predicted octanol–water partition coefficient (Wildman–Crippen LogP) is 3.20. The molecular formula is C17H20N2O2. The summed E-state index contributed by atoms with van der Waals surface area (Å²) in [5, 5.41) is 9.29. The van der Waals surface area contributed by atoms with Crippen LogP contribution in [-0.4, -0.2) is 20.6 Å². The van der Waals surface area contributed by atoms with Gasteiger partial charge in [0.1, 0.15) is 0 Å². The first-order chi connectivity index (χ1) is 10.2. The number of aromatic nitrogens is 2. The molecule has 2 aliphatic carbocycles. The molecule has 2 unspecified atom stereocenters. The molecule has 0 radical (unpaired) electrons. The molecule has 1 aromatic rings. The maximum absolute atomic E-state index is 11.3. The first-order valence-electron chi connectivity index (χ1n) is 7.44. The van der Waals surface area contributed by atoms with E-state index in [1.165, 1.54) is 16.7 Å². The second-order valence-electron chi connectivity index (χ2n) is 5.75. The van der Waals surface area contributed by atoms with Crippen LogP contribution in [0.1, 0.15) is 26.2 Å². The van der Waals surface area contributed by atoms with Gasteiger partial charge in [-0.25, -0.2) is 4.98 Å². The topological polar surface area (TPSA) is 55.1 Å². The number of allylic oxidation sites excluding steroid dienone is 6. The first kappa shape index (κ1) is 13.9. The average molecular weight is 284 g/mol. The number of nitrogens with zero attached hydrogens (tertiary/aromatic N) is 2. The van der Waals surface area contributed by atoms with Crippen molar-refractivity contribution in [2.24, 2.45) is 11.8 Å². The van der Waals surface area contributed by atoms with Gasteiger partial charge in [0.2, 0.25) is 0 Å². The van der Waals surface area contributed by atoms with Crippen molar-refractivity contribution in [1.29, 1.82) is 0 Å². The minimum absolute atomic E-state index is 0.237. The maximum Gasteiger partial charge on any atom is 0.306 e. The van der Waals surface area contributed by atoms with Crippen molar-refractivity contribution >= 4 is 5.97 Å². The summed E-state index contributed by atoms with van der Waals surface area (Å²) in [7, 11) is 0. The molecule has 0 spiro atoms. The molecule has 0 saturated heterocycles. The smallest absolute Gasteiger partial charge is 0.306 e. The van der Waals surface area contributed by atoms with Crippen LogP contribution in [0.25, 0.3) is 0 Å². The van der Waals surface area contributed by atoms with Gasteiger partial charge < -0.3 is 9.67 Å². The zero-order valence-electron chi connectivity index (χ0n) is 12.2. The number of hydrogen-bond donors (Lipinski definition) is 1. The Morgan fingerprint density at radius 3 is 3.10 bits per heavy atom. The molecule has 2 aliphatic rings. The summed E-state index contributed by atoms with van der Waals surface area (Å²) >= 11 is 0. The minimum atomic E-state index is -0.669. The van der Waals surface area contributed by atoms with Crippen LogP contribution in [0.5, 0.6) is 0 Å². The van der Waals surface area contributed by atoms with Gasteiger partial charge in [0.05, 0.1) is 12.2 Å². The Hall–Kier alpha value is -2.10. The fourth-order valence-corrected chi connectivity index (χ4v) is 3.39. The lowest BCUT2D eigenvalue weighted by atomic mass is 9.74. The molecule has 21 heavy (non-hydrogen) atoms. The molecule has 4 nitrogen and oxygen atoms in total. The highest BCUT2D eigenvalue weighted by Gasteiger charge is 2.30. The molecular weight excluding hydrogens is 264 g/mol. The van der Waals surface area contributed by atoms with Crippen molar-refractivity contribution in [3.8, 4) is 0 Å². The van der Waals surface area contributed by atoms with E-state index in [1.807, 2.05) is 19.4 Å². The van der Waals surface area contributed by atoms with Crippen LogP contribution in [0, 0.1) is 11.8 Å². The number of carboxylic acid groups (broad SMARTS) is 1. The summed E-state index contributed by atoms with van der Waals surface area (Å²) in [6.45, 7) is 2.90. The standard InChI is InChI=1S/C17H20N2O2/c1-2-15-14(10-19-8-7-18-11-19)6-4-12-3-5-13(17(20)21)9-16(12)15/h2,4,6-8,11,13-14H,3,5,9-10H2,1H3,(H,20,21). The number of aliphatic carboxylic acids is 1. The lowest BCUT2D eigenvalue weighted by molar-refractivity contribution is -0.142. The molecule has 1 heterocycles. The molecule has 110 valence electrons. The van der Waals surface area contributed by atoms with E-state index in [0.717, 1.165) is 19.4 Å². The summed E-state index contributed by atoms with van der Waals surface area (Å²) in [5.41, 5.74) is 3.86. The van der Waals surface area contributed by atoms with Crippen molar-refractivity contribution in [2.45, 2.75) is 32.7 Å². The molecule has 3 rings (SSSR count). The van der Waals surface area contributed by atoms with Crippen molar-refractivity contribution in [3.63, 3.8) is 0 Å². The first-order valence-corrected chi connectivity index (χ1v) is 7.44. The zero-order chi connectivity index (χ0) is 14.8. The van der Waals surface area contributed by atoms with Crippen molar-refractivity contribution in [2.75, 3.05) is 0 Å². The zero-order valence-corrected chi connectivity index (χ0v) is 12.2. The van der Waals surface area contributed by atoms with Crippen LogP contribution in [0.3, 0.4) is 0 Å². The molecule has 0 aromatic carbocycles. The van der Waals surface area contributed by atoms with Gasteiger partial charge in [-0.3, -0.25) is 4.79 Å². The Bertz CT molecular complexity index is 623. The highest BCUT2D eigenvalue weighted by atomic mass is 16.4. The van der Waals surface area contributed by atoms with Crippen LogP contribution in [0.2, 0.25) is 0 Å². The van der Waals surface area contributed by atoms with Gasteiger partial charge in [0.15, 0.2) is 0 Å². The summed E-state index contributed by atoms with van der Waals surface area (Å²) in [5.74, 6) is -0.604. The van der Waals surface area contributed by atoms with E-state index in [4.69, 9.17) is 0 Å². The summed E-state index contributed by atoms with van der Waals surface area (Å²) in [6.07, 6.45) is 14.4. The molecule has 0 aliphatic heterocycles. The highest BCUT2D eigenvalue weighted by molar-refractivity contribution is 5.71. The van der Waals surface area contributed by atoms with Crippen molar-refractivity contribution < 1.29 is 9.90 Å². The monoisotopic (exact) mass is 284 g/mol. The third kappa shape index (κ3) is 2.71. The van der Waals surface area contributed by atoms with E-state index in [2.05, 4.69) is 27.8 Å². The van der Waals surface area contributed by atoms with Gasteiger partial charge in [-0.15, -0.1) is 0 Å². The van der Waals surface area contributed by atoms with E-state index >= 15 is 0 Å². The van der Waals surface area contributed by atoms with Crippen LogP contribution in [0.4, 0.5) is 0 Å². The molecule has 1 N–H and O–H groups in total. The Balaban J connectivity index is 1.85. The Morgan fingerprint density at radius 2 is 2.43 bits per heavy atom. The summed E-state index contributed by atoms with van der Waals surface area (Å²) in [6, 6.07) is 0. The van der Waals surface area contributed by atoms with E-state index < -0.39 is 5.97 Å². The van der Waals surface area contributed by atoms with Crippen LogP contribution >= 0.6 is 0 Å². The van der Waals surface area contributed by atoms with Crippen LogP contribution in [-0.2, 0) is 11.3 Å². The summed E-state index contributed by atoms with van der Waals surface area (Å²) < 4.78 is 2.07. The molecule has 0 fully saturated rings. The molecule has 0 saturated carbocycles. The Morgan fingerprint density at radius 1 is 1.57 bits per heavy atom. The second-order valence-corrected chi connectivity index (χ2v) is 5.75. The molecule has 4 heteroatoms. The number of imidazole rings is 1. The lowest BCUT2D eigenvalue weighted by Gasteiger charge is -2.31. The molecule has 0 bridgehead atoms. The number of carboxylic acids is 1. The average Bonchev–Trinajstić information content (AvgIpc) is 2.99. The van der Waals surface area contributed by atoms with Gasteiger partial charge in [0, 0.05) is 24.9 Å². The number of carbonyl (C=O) groups is 1. The maximum atomic E-state index is 11.3. The highest BCUT2D eigenvalue weighted by Crippen LogP contribution is 2.40. The van der Waals surface area contributed by atoms with Crippen molar-refractivity contribution in [3.05, 3.63) is 53.7 Å². The minimum Gasteiger partial charge on any atom is -0.481 e. The van der Waals surface area contributed by atoms with Gasteiger partial charge >= 0.3 is 5.97 Å². The van der Waals surface area contributed by atoms with Gasteiger partial charge in [-0.2, -0.15) is 0 Å². The van der Waals surface area contributed by atoms with E-state index in [1.54, 1.807) is 6.20 Å². The van der Waals surface area contributed by atoms with Crippen LogP contribution < -0.4 is 0 Å². The third-order valence-corrected chi connectivity index (χ3v) is 4.50. The molecule has 2 atom stereocenters. The lowest BCUT2D eigenvalue weighted by Crippen LogP contribution is -2.24. The van der Waals surface area contributed by atoms with Gasteiger partial charge in [-0.1, -0.05) is 18.2 Å².